The normalized spacial score (nSPS) is 16.5. The number of methoxy groups -OCH3 is 2. The van der Waals surface area contributed by atoms with E-state index < -0.39 is 15.9 Å². The number of carbonyl (C=O) groups excluding carboxylic acids is 1. The van der Waals surface area contributed by atoms with Gasteiger partial charge in [0.2, 0.25) is 15.9 Å². The van der Waals surface area contributed by atoms with Crippen LogP contribution in [0.4, 0.5) is 5.82 Å². The van der Waals surface area contributed by atoms with Gasteiger partial charge in [0.1, 0.15) is 0 Å². The molecule has 12 nitrogen and oxygen atoms in total. The molecule has 1 N–H and O–H groups in total. The number of rotatable bonds is 11. The molecule has 3 rings (SSSR count). The molecule has 0 bridgehead atoms. The zero-order valence-electron chi connectivity index (χ0n) is 19.1. The predicted octanol–water partition coefficient (Wildman–Crippen LogP) is 0.900. The number of hydrogen-bond acceptors (Lipinski definition) is 10. The van der Waals surface area contributed by atoms with E-state index >= 15 is 0 Å². The zero-order valence-corrected chi connectivity index (χ0v) is 19.9. The minimum Gasteiger partial charge on any atom is -0.480 e. The molecular formula is C21H27N5O7S. The third-order valence-corrected chi connectivity index (χ3v) is 6.79. The monoisotopic (exact) mass is 493 g/mol. The molecule has 1 fully saturated rings. The third-order valence-electron chi connectivity index (χ3n) is 4.92. The minimum atomic E-state index is -3.72. The Morgan fingerprint density at radius 1 is 1.24 bits per heavy atom. The standard InChI is InChI=1S/C21H27N5O7S/c1-26(9-11-30-2)34(28,29)17-6-4-15(5-7-17)20(25-33-16-8-10-32-14-16)21(27)24-18-12-23-19(31-3)13-22-18/h4-7,12-13,16H,8-11,14H2,1-3H3,(H,22,24,27)/b25-20+/t16-/m1/s1. The van der Waals surface area contributed by atoms with Crippen LogP contribution < -0.4 is 10.1 Å². The summed E-state index contributed by atoms with van der Waals surface area (Å²) in [6.07, 6.45) is 3.06. The van der Waals surface area contributed by atoms with E-state index in [-0.39, 0.29) is 35.7 Å². The number of hydrogen-bond donors (Lipinski definition) is 1. The van der Waals surface area contributed by atoms with Gasteiger partial charge in [-0.15, -0.1) is 0 Å². The highest BCUT2D eigenvalue weighted by molar-refractivity contribution is 7.89. The first-order chi connectivity index (χ1) is 16.3. The lowest BCUT2D eigenvalue weighted by Gasteiger charge is -2.17. The van der Waals surface area contributed by atoms with Crippen LogP contribution >= 0.6 is 0 Å². The number of carbonyl (C=O) groups is 1. The Labute approximate surface area is 197 Å². The van der Waals surface area contributed by atoms with Crippen molar-refractivity contribution in [2.75, 3.05) is 52.9 Å². The van der Waals surface area contributed by atoms with Crippen molar-refractivity contribution in [3.8, 4) is 5.88 Å². The number of aromatic nitrogens is 2. The first-order valence-corrected chi connectivity index (χ1v) is 11.8. The van der Waals surface area contributed by atoms with Gasteiger partial charge in [-0.2, -0.15) is 4.31 Å². The Morgan fingerprint density at radius 2 is 2.00 bits per heavy atom. The van der Waals surface area contributed by atoms with Crippen molar-refractivity contribution >= 4 is 27.5 Å². The molecule has 0 radical (unpaired) electrons. The molecule has 13 heteroatoms. The predicted molar refractivity (Wildman–Crippen MR) is 122 cm³/mol. The first kappa shape index (κ1) is 25.5. The van der Waals surface area contributed by atoms with Crippen LogP contribution in [0.25, 0.3) is 0 Å². The van der Waals surface area contributed by atoms with Gasteiger partial charge >= 0.3 is 0 Å². The quantitative estimate of drug-likeness (QED) is 0.357. The van der Waals surface area contributed by atoms with Crippen molar-refractivity contribution in [1.29, 1.82) is 0 Å². The molecule has 0 spiro atoms. The van der Waals surface area contributed by atoms with E-state index in [2.05, 4.69) is 20.4 Å². The lowest BCUT2D eigenvalue weighted by Crippen LogP contribution is -2.30. The van der Waals surface area contributed by atoms with Crippen LogP contribution in [-0.2, 0) is 29.1 Å². The first-order valence-electron chi connectivity index (χ1n) is 10.4. The Hall–Kier alpha value is -3.13. The maximum atomic E-state index is 13.0. The average molecular weight is 494 g/mol. The fraction of sp³-hybridized carbons (Fsp3) is 0.429. The number of anilines is 1. The van der Waals surface area contributed by atoms with E-state index in [4.69, 9.17) is 19.0 Å². The largest absolute Gasteiger partial charge is 0.480 e. The maximum absolute atomic E-state index is 13.0. The fourth-order valence-corrected chi connectivity index (χ4v) is 4.07. The van der Waals surface area contributed by atoms with Gasteiger partial charge in [-0.1, -0.05) is 17.3 Å². The second-order valence-corrected chi connectivity index (χ2v) is 9.32. The number of nitrogens with zero attached hydrogens (tertiary/aromatic N) is 4. The summed E-state index contributed by atoms with van der Waals surface area (Å²) in [5, 5.41) is 6.65. The van der Waals surface area contributed by atoms with Crippen molar-refractivity contribution in [3.63, 3.8) is 0 Å². The topological polar surface area (TPSA) is 142 Å². The fourth-order valence-electron chi connectivity index (χ4n) is 2.91. The Balaban J connectivity index is 1.83. The van der Waals surface area contributed by atoms with Crippen LogP contribution in [0.5, 0.6) is 5.88 Å². The van der Waals surface area contributed by atoms with E-state index in [0.717, 1.165) is 0 Å². The van der Waals surface area contributed by atoms with Crippen molar-refractivity contribution < 1.29 is 32.3 Å². The van der Waals surface area contributed by atoms with Gasteiger partial charge in [-0.05, 0) is 12.1 Å². The Morgan fingerprint density at radius 3 is 2.59 bits per heavy atom. The molecule has 0 saturated carbocycles. The summed E-state index contributed by atoms with van der Waals surface area (Å²) in [5.41, 5.74) is 0.303. The highest BCUT2D eigenvalue weighted by Crippen LogP contribution is 2.17. The SMILES string of the molecule is COCCN(C)S(=O)(=O)c1ccc(/C(=N\O[C@@H]2CCOC2)C(=O)Nc2cnc(OC)cn2)cc1. The molecule has 0 unspecified atom stereocenters. The molecule has 2 aromatic rings. The summed E-state index contributed by atoms with van der Waals surface area (Å²) in [7, 11) is 0.702. The van der Waals surface area contributed by atoms with E-state index in [1.165, 1.54) is 62.2 Å². The van der Waals surface area contributed by atoms with E-state index in [0.29, 0.717) is 31.1 Å². The second-order valence-electron chi connectivity index (χ2n) is 7.27. The highest BCUT2D eigenvalue weighted by Gasteiger charge is 2.23. The molecule has 2 heterocycles. The molecule has 0 aliphatic carbocycles. The number of nitrogens with one attached hydrogen (secondary N) is 1. The van der Waals surface area contributed by atoms with Gasteiger partial charge in [0, 0.05) is 32.7 Å². The Bertz CT molecular complexity index is 1090. The lowest BCUT2D eigenvalue weighted by molar-refractivity contribution is -0.110. The summed E-state index contributed by atoms with van der Waals surface area (Å²) >= 11 is 0. The van der Waals surface area contributed by atoms with Crippen molar-refractivity contribution in [3.05, 3.63) is 42.2 Å². The van der Waals surface area contributed by atoms with Crippen LogP contribution in [0.1, 0.15) is 12.0 Å². The Kier molecular flexibility index (Phi) is 8.87. The molecule has 184 valence electrons. The number of amides is 1. The lowest BCUT2D eigenvalue weighted by atomic mass is 10.1. The molecule has 1 aliphatic heterocycles. The van der Waals surface area contributed by atoms with E-state index in [1.807, 2.05) is 0 Å². The highest BCUT2D eigenvalue weighted by atomic mass is 32.2. The van der Waals surface area contributed by atoms with E-state index in [1.54, 1.807) is 0 Å². The molecule has 1 amide bonds. The van der Waals surface area contributed by atoms with Crippen molar-refractivity contribution in [1.82, 2.24) is 14.3 Å². The smallest absolute Gasteiger partial charge is 0.279 e. The van der Waals surface area contributed by atoms with Crippen LogP contribution in [0.2, 0.25) is 0 Å². The van der Waals surface area contributed by atoms with Gasteiger partial charge in [-0.3, -0.25) is 4.79 Å². The number of oxime groups is 1. The van der Waals surface area contributed by atoms with Crippen LogP contribution in [-0.4, -0.2) is 88.0 Å². The summed E-state index contributed by atoms with van der Waals surface area (Å²) in [4.78, 5) is 26.6. The molecular weight excluding hydrogens is 466 g/mol. The van der Waals surface area contributed by atoms with Crippen molar-refractivity contribution in [2.24, 2.45) is 5.16 Å². The van der Waals surface area contributed by atoms with Gasteiger partial charge in [0.05, 0.1) is 44.2 Å². The van der Waals surface area contributed by atoms with Gasteiger partial charge in [0.15, 0.2) is 17.6 Å². The maximum Gasteiger partial charge on any atom is 0.279 e. The number of likely N-dealkylation sites (N-methyl/N-ethyl adjacent to an activating group) is 1. The van der Waals surface area contributed by atoms with Crippen molar-refractivity contribution in [2.45, 2.75) is 17.4 Å². The van der Waals surface area contributed by atoms with Crippen LogP contribution in [0.3, 0.4) is 0 Å². The third kappa shape index (κ3) is 6.47. The molecule has 1 saturated heterocycles. The summed E-state index contributed by atoms with van der Waals surface area (Å²) in [6, 6.07) is 5.79. The number of sulfonamides is 1. The van der Waals surface area contributed by atoms with Gasteiger partial charge in [0.25, 0.3) is 5.91 Å². The molecule has 1 atom stereocenters. The molecule has 1 aromatic heterocycles. The summed E-state index contributed by atoms with van der Waals surface area (Å²) in [5.74, 6) is -0.128. The minimum absolute atomic E-state index is 0.0544. The molecule has 34 heavy (non-hydrogen) atoms. The second kappa shape index (κ2) is 11.8. The number of benzene rings is 1. The van der Waals surface area contributed by atoms with E-state index in [9.17, 15) is 13.2 Å². The number of ether oxygens (including phenoxy) is 3. The van der Waals surface area contributed by atoms with Crippen LogP contribution in [0.15, 0.2) is 46.7 Å². The molecule has 1 aromatic carbocycles. The molecule has 1 aliphatic rings. The average Bonchev–Trinajstić information content (AvgIpc) is 3.37. The summed E-state index contributed by atoms with van der Waals surface area (Å²) in [6.45, 7) is 1.39. The van der Waals surface area contributed by atoms with Gasteiger partial charge < -0.3 is 24.4 Å². The summed E-state index contributed by atoms with van der Waals surface area (Å²) < 4.78 is 41.9. The van der Waals surface area contributed by atoms with Gasteiger partial charge in [-0.25, -0.2) is 18.4 Å². The zero-order chi connectivity index (χ0) is 24.6. The van der Waals surface area contributed by atoms with Crippen LogP contribution in [0, 0.1) is 0 Å².